The zero-order chi connectivity index (χ0) is 12.3. The molecule has 2 rings (SSSR count). The number of hydrogen-bond donors (Lipinski definition) is 2. The van der Waals surface area contributed by atoms with Crippen molar-refractivity contribution in [2.45, 2.75) is 18.9 Å². The van der Waals surface area contributed by atoms with Gasteiger partial charge in [0.25, 0.3) is 0 Å². The average Bonchev–Trinajstić information content (AvgIpc) is 2.37. The molecule has 1 saturated heterocycles. The standard InChI is InChI=1S/C12H16ClFN2O/c13-10-5-1-4-9(11(10)14)12(16-15)8-3-2-6-17-7-8/h1,4-5,8,12,16H,2-3,6-7,15H2. The summed E-state index contributed by atoms with van der Waals surface area (Å²) < 4.78 is 19.3. The van der Waals surface area contributed by atoms with E-state index in [0.717, 1.165) is 19.4 Å². The lowest BCUT2D eigenvalue weighted by Crippen LogP contribution is -2.37. The van der Waals surface area contributed by atoms with E-state index in [1.54, 1.807) is 12.1 Å². The highest BCUT2D eigenvalue weighted by molar-refractivity contribution is 6.30. The molecule has 0 radical (unpaired) electrons. The molecule has 2 unspecified atom stereocenters. The Morgan fingerprint density at radius 3 is 3.00 bits per heavy atom. The number of halogens is 2. The predicted octanol–water partition coefficient (Wildman–Crippen LogP) is 2.41. The first-order valence-corrected chi connectivity index (χ1v) is 6.09. The topological polar surface area (TPSA) is 47.3 Å². The van der Waals surface area contributed by atoms with Gasteiger partial charge in [-0.1, -0.05) is 23.7 Å². The molecule has 0 aliphatic carbocycles. The van der Waals surface area contributed by atoms with Crippen LogP contribution >= 0.6 is 11.6 Å². The van der Waals surface area contributed by atoms with E-state index in [0.29, 0.717) is 12.2 Å². The Labute approximate surface area is 105 Å². The van der Waals surface area contributed by atoms with E-state index in [4.69, 9.17) is 22.2 Å². The largest absolute Gasteiger partial charge is 0.381 e. The van der Waals surface area contributed by atoms with Crippen molar-refractivity contribution < 1.29 is 9.13 Å². The van der Waals surface area contributed by atoms with Gasteiger partial charge in [-0.25, -0.2) is 4.39 Å². The molecule has 1 aliphatic heterocycles. The van der Waals surface area contributed by atoms with Crippen molar-refractivity contribution in [2.75, 3.05) is 13.2 Å². The van der Waals surface area contributed by atoms with Gasteiger partial charge in [-0.2, -0.15) is 0 Å². The summed E-state index contributed by atoms with van der Waals surface area (Å²) >= 11 is 5.78. The van der Waals surface area contributed by atoms with Gasteiger partial charge in [0, 0.05) is 18.1 Å². The van der Waals surface area contributed by atoms with Crippen LogP contribution < -0.4 is 11.3 Å². The first kappa shape index (κ1) is 12.8. The van der Waals surface area contributed by atoms with Crippen molar-refractivity contribution in [3.63, 3.8) is 0 Å². The lowest BCUT2D eigenvalue weighted by molar-refractivity contribution is 0.0385. The molecule has 0 amide bonds. The smallest absolute Gasteiger partial charge is 0.146 e. The molecular weight excluding hydrogens is 243 g/mol. The van der Waals surface area contributed by atoms with Gasteiger partial charge in [-0.05, 0) is 18.9 Å². The summed E-state index contributed by atoms with van der Waals surface area (Å²) in [6, 6.07) is 4.72. The number of benzene rings is 1. The Balaban J connectivity index is 2.24. The minimum atomic E-state index is -0.400. The summed E-state index contributed by atoms with van der Waals surface area (Å²) in [6.45, 7) is 1.37. The molecule has 94 valence electrons. The molecule has 1 heterocycles. The van der Waals surface area contributed by atoms with Crippen LogP contribution in [0.15, 0.2) is 18.2 Å². The number of rotatable bonds is 3. The molecule has 3 N–H and O–H groups in total. The van der Waals surface area contributed by atoms with Crippen molar-refractivity contribution in [3.05, 3.63) is 34.6 Å². The van der Waals surface area contributed by atoms with Gasteiger partial charge < -0.3 is 4.74 Å². The third-order valence-corrected chi connectivity index (χ3v) is 3.45. The maximum absolute atomic E-state index is 13.9. The molecule has 2 atom stereocenters. The van der Waals surface area contributed by atoms with E-state index >= 15 is 0 Å². The summed E-state index contributed by atoms with van der Waals surface area (Å²) in [7, 11) is 0. The van der Waals surface area contributed by atoms with E-state index in [-0.39, 0.29) is 17.0 Å². The third-order valence-electron chi connectivity index (χ3n) is 3.16. The van der Waals surface area contributed by atoms with Crippen molar-refractivity contribution in [1.82, 2.24) is 5.43 Å². The maximum Gasteiger partial charge on any atom is 0.146 e. The van der Waals surface area contributed by atoms with Crippen LogP contribution in [0.5, 0.6) is 0 Å². The molecule has 0 saturated carbocycles. The highest BCUT2D eigenvalue weighted by Gasteiger charge is 2.27. The first-order valence-electron chi connectivity index (χ1n) is 5.72. The summed E-state index contributed by atoms with van der Waals surface area (Å²) in [5.41, 5.74) is 3.19. The normalized spacial score (nSPS) is 22.4. The number of hydrogen-bond acceptors (Lipinski definition) is 3. The number of nitrogens with one attached hydrogen (secondary N) is 1. The first-order chi connectivity index (χ1) is 8.24. The summed E-state index contributed by atoms with van der Waals surface area (Å²) in [4.78, 5) is 0. The second kappa shape index (κ2) is 5.78. The zero-order valence-corrected chi connectivity index (χ0v) is 10.2. The van der Waals surface area contributed by atoms with Crippen LogP contribution in [0.25, 0.3) is 0 Å². The molecule has 0 aromatic heterocycles. The molecule has 1 aliphatic rings. The molecule has 1 fully saturated rings. The fourth-order valence-corrected chi connectivity index (χ4v) is 2.45. The Morgan fingerprint density at radius 2 is 2.35 bits per heavy atom. The van der Waals surface area contributed by atoms with E-state index in [1.165, 1.54) is 6.07 Å². The van der Waals surface area contributed by atoms with Crippen LogP contribution in [0, 0.1) is 11.7 Å². The quantitative estimate of drug-likeness (QED) is 0.647. The van der Waals surface area contributed by atoms with Crippen LogP contribution in [0.3, 0.4) is 0 Å². The van der Waals surface area contributed by atoms with Gasteiger partial charge in [0.15, 0.2) is 0 Å². The SMILES string of the molecule is NNC(c1cccc(Cl)c1F)C1CCCOC1. The Hall–Kier alpha value is -0.680. The van der Waals surface area contributed by atoms with Crippen LogP contribution in [0.2, 0.25) is 5.02 Å². The Bertz CT molecular complexity index is 383. The van der Waals surface area contributed by atoms with Crippen LogP contribution in [0.4, 0.5) is 4.39 Å². The number of ether oxygens (including phenoxy) is 1. The van der Waals surface area contributed by atoms with Crippen LogP contribution in [-0.4, -0.2) is 13.2 Å². The average molecular weight is 259 g/mol. The fourth-order valence-electron chi connectivity index (χ4n) is 2.27. The van der Waals surface area contributed by atoms with E-state index in [2.05, 4.69) is 5.43 Å². The van der Waals surface area contributed by atoms with Gasteiger partial charge in [-0.15, -0.1) is 0 Å². The van der Waals surface area contributed by atoms with Crippen molar-refractivity contribution in [1.29, 1.82) is 0 Å². The summed E-state index contributed by atoms with van der Waals surface area (Å²) in [5, 5.41) is 0.125. The molecule has 5 heteroatoms. The minimum Gasteiger partial charge on any atom is -0.381 e. The molecular formula is C12H16ClFN2O. The molecule has 0 spiro atoms. The van der Waals surface area contributed by atoms with E-state index in [9.17, 15) is 4.39 Å². The van der Waals surface area contributed by atoms with Gasteiger partial charge >= 0.3 is 0 Å². The number of hydrazine groups is 1. The zero-order valence-electron chi connectivity index (χ0n) is 9.46. The van der Waals surface area contributed by atoms with Crippen molar-refractivity contribution in [3.8, 4) is 0 Å². The van der Waals surface area contributed by atoms with Crippen LogP contribution in [-0.2, 0) is 4.74 Å². The molecule has 1 aromatic rings. The molecule has 17 heavy (non-hydrogen) atoms. The van der Waals surface area contributed by atoms with E-state index < -0.39 is 5.82 Å². The Kier molecular flexibility index (Phi) is 4.34. The fraction of sp³-hybridized carbons (Fsp3) is 0.500. The summed E-state index contributed by atoms with van der Waals surface area (Å²) in [6.07, 6.45) is 1.95. The number of nitrogens with two attached hydrogens (primary N) is 1. The van der Waals surface area contributed by atoms with Crippen molar-refractivity contribution in [2.24, 2.45) is 11.8 Å². The van der Waals surface area contributed by atoms with Gasteiger partial charge in [0.05, 0.1) is 17.7 Å². The lowest BCUT2D eigenvalue weighted by atomic mass is 9.89. The second-order valence-electron chi connectivity index (χ2n) is 4.26. The maximum atomic E-state index is 13.9. The highest BCUT2D eigenvalue weighted by atomic mass is 35.5. The monoisotopic (exact) mass is 258 g/mol. The summed E-state index contributed by atoms with van der Waals surface area (Å²) in [5.74, 6) is 5.32. The minimum absolute atomic E-state index is 0.125. The molecule has 0 bridgehead atoms. The Morgan fingerprint density at radius 1 is 1.53 bits per heavy atom. The van der Waals surface area contributed by atoms with Crippen LogP contribution in [0.1, 0.15) is 24.4 Å². The van der Waals surface area contributed by atoms with Gasteiger partial charge in [0.2, 0.25) is 0 Å². The van der Waals surface area contributed by atoms with E-state index in [1.807, 2.05) is 0 Å². The van der Waals surface area contributed by atoms with Gasteiger partial charge in [0.1, 0.15) is 5.82 Å². The predicted molar refractivity (Wildman–Crippen MR) is 65.0 cm³/mol. The lowest BCUT2D eigenvalue weighted by Gasteiger charge is -2.30. The third kappa shape index (κ3) is 2.77. The molecule has 3 nitrogen and oxygen atoms in total. The molecule has 1 aromatic carbocycles. The van der Waals surface area contributed by atoms with Gasteiger partial charge in [-0.3, -0.25) is 11.3 Å². The second-order valence-corrected chi connectivity index (χ2v) is 4.67. The highest BCUT2D eigenvalue weighted by Crippen LogP contribution is 2.31. The van der Waals surface area contributed by atoms with Crippen molar-refractivity contribution >= 4 is 11.6 Å².